The van der Waals surface area contributed by atoms with Gasteiger partial charge in [0, 0.05) is 43.0 Å². The standard InChI is InChI=1S/C24H29F3N4O2/c1-12(2)30-11-18(24(28)33)19(8-20(30)32)31(22-16-9-29(4)10-17(16)22)13(3)14-6-5-7-15(21(14)25)23(26)27/h5-8,11-13,16-17,22-23H,9-10H2,1-4H3,(H2,28,33)/t13-,16?,17?,22?/m1/s1. The van der Waals surface area contributed by atoms with Crippen LogP contribution < -0.4 is 16.2 Å². The number of carbonyl (C=O) groups excluding carboxylic acids is 1. The SMILES string of the molecule is CC(C)n1cc(C(N)=O)c(N(C2C3CN(C)CC32)[C@H](C)c2cccc(C(F)F)c2F)cc1=O. The van der Waals surface area contributed by atoms with Crippen molar-refractivity contribution in [1.82, 2.24) is 9.47 Å². The van der Waals surface area contributed by atoms with Crippen molar-refractivity contribution in [2.45, 2.75) is 45.3 Å². The van der Waals surface area contributed by atoms with Crippen LogP contribution in [-0.4, -0.2) is 41.6 Å². The summed E-state index contributed by atoms with van der Waals surface area (Å²) in [6, 6.07) is 4.37. The highest BCUT2D eigenvalue weighted by Crippen LogP contribution is 2.52. The normalized spacial score (nSPS) is 23.1. The zero-order valence-corrected chi connectivity index (χ0v) is 19.1. The first-order chi connectivity index (χ1) is 15.5. The second-order valence-corrected chi connectivity index (χ2v) is 9.45. The Morgan fingerprint density at radius 1 is 1.15 bits per heavy atom. The summed E-state index contributed by atoms with van der Waals surface area (Å²) >= 11 is 0. The number of fused-ring (bicyclic) bond motifs is 1. The van der Waals surface area contributed by atoms with Crippen LogP contribution in [0.5, 0.6) is 0 Å². The summed E-state index contributed by atoms with van der Waals surface area (Å²) < 4.78 is 43.3. The first kappa shape index (κ1) is 23.4. The Balaban J connectivity index is 1.87. The molecule has 2 aliphatic rings. The number of likely N-dealkylation sites (tertiary alicyclic amines) is 1. The van der Waals surface area contributed by atoms with Gasteiger partial charge in [-0.3, -0.25) is 9.59 Å². The summed E-state index contributed by atoms with van der Waals surface area (Å²) in [5, 5.41) is 0. The highest BCUT2D eigenvalue weighted by molar-refractivity contribution is 5.98. The van der Waals surface area contributed by atoms with E-state index in [2.05, 4.69) is 4.90 Å². The van der Waals surface area contributed by atoms with Crippen LogP contribution in [0, 0.1) is 17.7 Å². The molecule has 0 bridgehead atoms. The fraction of sp³-hybridized carbons (Fsp3) is 0.500. The first-order valence-corrected chi connectivity index (χ1v) is 11.1. The molecular formula is C24H29F3N4O2. The van der Waals surface area contributed by atoms with Crippen molar-refractivity contribution in [1.29, 1.82) is 0 Å². The number of carbonyl (C=O) groups is 1. The van der Waals surface area contributed by atoms with Gasteiger partial charge in [-0.2, -0.15) is 0 Å². The van der Waals surface area contributed by atoms with Crippen LogP contribution in [0.15, 0.2) is 35.3 Å². The van der Waals surface area contributed by atoms with Gasteiger partial charge in [-0.25, -0.2) is 13.2 Å². The van der Waals surface area contributed by atoms with E-state index in [1.807, 2.05) is 25.8 Å². The maximum atomic E-state index is 15.1. The molecule has 2 unspecified atom stereocenters. The van der Waals surface area contributed by atoms with Gasteiger partial charge in [0.15, 0.2) is 0 Å². The van der Waals surface area contributed by atoms with Gasteiger partial charge >= 0.3 is 0 Å². The van der Waals surface area contributed by atoms with Crippen molar-refractivity contribution in [2.75, 3.05) is 25.0 Å². The molecule has 0 radical (unpaired) electrons. The van der Waals surface area contributed by atoms with Crippen LogP contribution in [0.3, 0.4) is 0 Å². The third-order valence-corrected chi connectivity index (χ3v) is 6.97. The van der Waals surface area contributed by atoms with Crippen molar-refractivity contribution in [3.8, 4) is 0 Å². The van der Waals surface area contributed by atoms with Crippen molar-refractivity contribution >= 4 is 11.6 Å². The molecule has 2 N–H and O–H groups in total. The number of hydrogen-bond donors (Lipinski definition) is 1. The molecule has 1 aliphatic carbocycles. The van der Waals surface area contributed by atoms with Gasteiger partial charge < -0.3 is 20.1 Å². The molecule has 33 heavy (non-hydrogen) atoms. The lowest BCUT2D eigenvalue weighted by Gasteiger charge is -2.36. The predicted molar refractivity (Wildman–Crippen MR) is 120 cm³/mol. The van der Waals surface area contributed by atoms with Gasteiger partial charge in [0.1, 0.15) is 5.82 Å². The lowest BCUT2D eigenvalue weighted by molar-refractivity contribution is 0.0999. The minimum Gasteiger partial charge on any atom is -0.365 e. The number of pyridine rings is 1. The molecular weight excluding hydrogens is 433 g/mol. The molecule has 3 atom stereocenters. The quantitative estimate of drug-likeness (QED) is 0.681. The Morgan fingerprint density at radius 3 is 2.30 bits per heavy atom. The van der Waals surface area contributed by atoms with Crippen molar-refractivity contribution in [3.05, 3.63) is 63.3 Å². The van der Waals surface area contributed by atoms with Gasteiger partial charge in [0.25, 0.3) is 17.9 Å². The van der Waals surface area contributed by atoms with Crippen LogP contribution in [0.2, 0.25) is 0 Å². The number of nitrogens with zero attached hydrogens (tertiary/aromatic N) is 3. The predicted octanol–water partition coefficient (Wildman–Crippen LogP) is 3.73. The Kier molecular flexibility index (Phi) is 6.03. The number of nitrogens with two attached hydrogens (primary N) is 1. The first-order valence-electron chi connectivity index (χ1n) is 11.1. The monoisotopic (exact) mass is 462 g/mol. The number of hydrogen-bond acceptors (Lipinski definition) is 4. The fourth-order valence-electron chi connectivity index (χ4n) is 5.30. The molecule has 0 spiro atoms. The average Bonchev–Trinajstić information content (AvgIpc) is 3.21. The summed E-state index contributed by atoms with van der Waals surface area (Å²) in [6.45, 7) is 7.00. The Bertz CT molecular complexity index is 1120. The van der Waals surface area contributed by atoms with E-state index in [0.717, 1.165) is 19.2 Å². The number of halogens is 3. The molecule has 2 fully saturated rings. The van der Waals surface area contributed by atoms with E-state index in [9.17, 15) is 18.4 Å². The number of amides is 1. The van der Waals surface area contributed by atoms with Crippen LogP contribution >= 0.6 is 0 Å². The van der Waals surface area contributed by atoms with Crippen molar-refractivity contribution in [2.24, 2.45) is 17.6 Å². The van der Waals surface area contributed by atoms with E-state index in [0.29, 0.717) is 5.69 Å². The van der Waals surface area contributed by atoms with Crippen LogP contribution in [0.25, 0.3) is 0 Å². The zero-order chi connectivity index (χ0) is 24.2. The summed E-state index contributed by atoms with van der Waals surface area (Å²) in [6.07, 6.45) is -1.50. The maximum Gasteiger partial charge on any atom is 0.266 e. The molecule has 1 aromatic heterocycles. The number of piperidine rings is 1. The van der Waals surface area contributed by atoms with Crippen molar-refractivity contribution in [3.63, 3.8) is 0 Å². The molecule has 2 heterocycles. The van der Waals surface area contributed by atoms with E-state index < -0.39 is 29.8 Å². The molecule has 1 saturated carbocycles. The van der Waals surface area contributed by atoms with Crippen LogP contribution in [0.4, 0.5) is 18.9 Å². The fourth-order valence-corrected chi connectivity index (χ4v) is 5.30. The molecule has 1 amide bonds. The second kappa shape index (κ2) is 8.52. The van der Waals surface area contributed by atoms with E-state index in [4.69, 9.17) is 5.73 Å². The van der Waals surface area contributed by atoms with Gasteiger partial charge in [0.05, 0.1) is 22.9 Å². The summed E-state index contributed by atoms with van der Waals surface area (Å²) in [5.74, 6) is -1.13. The Morgan fingerprint density at radius 2 is 1.76 bits per heavy atom. The minimum atomic E-state index is -2.95. The highest BCUT2D eigenvalue weighted by atomic mass is 19.3. The smallest absolute Gasteiger partial charge is 0.266 e. The Labute approximate surface area is 190 Å². The summed E-state index contributed by atoms with van der Waals surface area (Å²) in [4.78, 5) is 29.3. The number of primary amides is 1. The molecule has 6 nitrogen and oxygen atoms in total. The Hall–Kier alpha value is -2.81. The number of alkyl halides is 2. The summed E-state index contributed by atoms with van der Waals surface area (Å²) in [7, 11) is 2.02. The molecule has 9 heteroatoms. The van der Waals surface area contributed by atoms with E-state index in [1.54, 1.807) is 6.92 Å². The lowest BCUT2D eigenvalue weighted by Crippen LogP contribution is -2.39. The molecule has 1 saturated heterocycles. The van der Waals surface area contributed by atoms with Gasteiger partial charge in [-0.15, -0.1) is 0 Å². The van der Waals surface area contributed by atoms with Gasteiger partial charge in [0.2, 0.25) is 0 Å². The van der Waals surface area contributed by atoms with E-state index >= 15 is 4.39 Å². The molecule has 4 rings (SSSR count). The lowest BCUT2D eigenvalue weighted by atomic mass is 10.0. The highest BCUT2D eigenvalue weighted by Gasteiger charge is 2.59. The number of benzene rings is 1. The van der Waals surface area contributed by atoms with Gasteiger partial charge in [-0.05, 0) is 39.7 Å². The molecule has 2 aromatic rings. The second-order valence-electron chi connectivity index (χ2n) is 9.45. The number of rotatable bonds is 7. The van der Waals surface area contributed by atoms with Crippen LogP contribution in [-0.2, 0) is 0 Å². The van der Waals surface area contributed by atoms with Crippen LogP contribution in [0.1, 0.15) is 60.8 Å². The third-order valence-electron chi connectivity index (χ3n) is 6.97. The average molecular weight is 463 g/mol. The molecule has 1 aromatic carbocycles. The molecule has 1 aliphatic heterocycles. The topological polar surface area (TPSA) is 71.6 Å². The number of aromatic nitrogens is 1. The minimum absolute atomic E-state index is 0.0572. The zero-order valence-electron chi connectivity index (χ0n) is 19.1. The molecule has 178 valence electrons. The van der Waals surface area contributed by atoms with Gasteiger partial charge in [-0.1, -0.05) is 18.2 Å². The third kappa shape index (κ3) is 4.03. The van der Waals surface area contributed by atoms with E-state index in [1.165, 1.54) is 29.0 Å². The largest absolute Gasteiger partial charge is 0.365 e. The maximum absolute atomic E-state index is 15.1. The van der Waals surface area contributed by atoms with Crippen molar-refractivity contribution < 1.29 is 18.0 Å². The summed E-state index contributed by atoms with van der Waals surface area (Å²) in [5.41, 5.74) is 5.28. The number of anilines is 1. The van der Waals surface area contributed by atoms with E-state index in [-0.39, 0.29) is 40.6 Å².